The second-order valence-corrected chi connectivity index (χ2v) is 7.29. The van der Waals surface area contributed by atoms with Crippen molar-refractivity contribution in [3.8, 4) is 0 Å². The van der Waals surface area contributed by atoms with Gasteiger partial charge in [-0.05, 0) is 6.07 Å². The summed E-state index contributed by atoms with van der Waals surface area (Å²) in [5.74, 6) is 0. The highest BCUT2D eigenvalue weighted by Gasteiger charge is 2.79. The predicted octanol–water partition coefficient (Wildman–Crippen LogP) is 4.79. The van der Waals surface area contributed by atoms with E-state index < -0.39 is 88.0 Å². The Hall–Kier alpha value is -2.56. The number of rotatable bonds is 3. The highest BCUT2D eigenvalue weighted by atomic mass is 19.4. The highest BCUT2D eigenvalue weighted by Crippen LogP contribution is 2.61. The maximum absolute atomic E-state index is 13.4. The fourth-order valence-corrected chi connectivity index (χ4v) is 3.07. The molecule has 38 heavy (non-hydrogen) atoms. The Kier molecular flexibility index (Phi) is 7.46. The van der Waals surface area contributed by atoms with Crippen molar-refractivity contribution in [2.45, 2.75) is 53.9 Å². The number of nitrogens with two attached hydrogens (primary N) is 2. The molecule has 222 valence electrons. The zero-order chi connectivity index (χ0) is 31.1. The fourth-order valence-electron chi connectivity index (χ4n) is 3.07. The molecule has 5 nitrogen and oxygen atoms in total. The Balaban J connectivity index is 4.85. The van der Waals surface area contributed by atoms with Crippen LogP contribution in [0.25, 0.3) is 0 Å². The van der Waals surface area contributed by atoms with E-state index in [9.17, 15) is 94.3 Å². The van der Waals surface area contributed by atoms with Gasteiger partial charge in [0.1, 0.15) is 0 Å². The molecule has 0 bridgehead atoms. The number of benzene rings is 1. The van der Waals surface area contributed by atoms with Crippen molar-refractivity contribution in [2.75, 3.05) is 11.5 Å². The van der Waals surface area contributed by atoms with Crippen LogP contribution in [0.4, 0.5) is 90.4 Å². The second-order valence-electron chi connectivity index (χ2n) is 7.29. The molecule has 1 rings (SSSR count). The lowest BCUT2D eigenvalue weighted by Gasteiger charge is -2.42. The summed E-state index contributed by atoms with van der Waals surface area (Å²) in [6, 6.07) is -2.02. The predicted molar refractivity (Wildman–Crippen MR) is 83.3 cm³/mol. The van der Waals surface area contributed by atoms with E-state index >= 15 is 0 Å². The van der Waals surface area contributed by atoms with Gasteiger partial charge >= 0.3 is 37.1 Å². The minimum atomic E-state index is -7.59. The van der Waals surface area contributed by atoms with E-state index in [-0.39, 0.29) is 0 Å². The van der Waals surface area contributed by atoms with Crippen LogP contribution in [0.5, 0.6) is 0 Å². The molecule has 0 unspecified atom stereocenters. The number of aliphatic hydroxyl groups is 3. The third kappa shape index (κ3) is 4.40. The Morgan fingerprint density at radius 2 is 0.632 bits per heavy atom. The summed E-state index contributed by atoms with van der Waals surface area (Å²) in [7, 11) is 0. The van der Waals surface area contributed by atoms with E-state index in [1.54, 1.807) is 0 Å². The van der Waals surface area contributed by atoms with Gasteiger partial charge in [-0.15, -0.1) is 0 Å². The van der Waals surface area contributed by atoms with Gasteiger partial charge in [-0.2, -0.15) is 79.0 Å². The topological polar surface area (TPSA) is 113 Å². The summed E-state index contributed by atoms with van der Waals surface area (Å²) in [4.78, 5) is 0. The van der Waals surface area contributed by atoms with Gasteiger partial charge in [0.25, 0.3) is 16.8 Å². The normalized spacial score (nSPS) is 15.7. The standard InChI is InChI=1S/C15H8F18N2O3/c16-10(17,18)7(36,11(19,20)21)2-1-3(8(37,12(22,23)24)13(25,26)27)5(34)6(35)4(2)9(38,14(28,29)30)15(31,32)33/h1,36-38H,34-35H2. The molecule has 1 aromatic carbocycles. The van der Waals surface area contributed by atoms with Crippen LogP contribution >= 0.6 is 0 Å². The number of halogens is 18. The first kappa shape index (κ1) is 33.5. The molecule has 1 aromatic rings. The van der Waals surface area contributed by atoms with Crippen LogP contribution in [0.3, 0.4) is 0 Å². The van der Waals surface area contributed by atoms with Crippen LogP contribution in [0.15, 0.2) is 6.07 Å². The summed E-state index contributed by atoms with van der Waals surface area (Å²) < 4.78 is 240. The van der Waals surface area contributed by atoms with Crippen LogP contribution in [-0.4, -0.2) is 52.4 Å². The van der Waals surface area contributed by atoms with Crippen LogP contribution in [-0.2, 0) is 16.8 Å². The molecule has 0 amide bonds. The lowest BCUT2D eigenvalue weighted by atomic mass is 9.75. The second kappa shape index (κ2) is 8.47. The highest BCUT2D eigenvalue weighted by molar-refractivity contribution is 5.77. The van der Waals surface area contributed by atoms with Crippen molar-refractivity contribution in [1.82, 2.24) is 0 Å². The van der Waals surface area contributed by atoms with Gasteiger partial charge < -0.3 is 26.8 Å². The van der Waals surface area contributed by atoms with Crippen molar-refractivity contribution < 1.29 is 94.3 Å². The van der Waals surface area contributed by atoms with Crippen LogP contribution in [0.2, 0.25) is 0 Å². The first-order valence-corrected chi connectivity index (χ1v) is 8.48. The number of alkyl halides is 18. The van der Waals surface area contributed by atoms with Crippen LogP contribution < -0.4 is 11.5 Å². The zero-order valence-corrected chi connectivity index (χ0v) is 16.9. The first-order chi connectivity index (χ1) is 16.2. The molecule has 0 atom stereocenters. The van der Waals surface area contributed by atoms with Crippen molar-refractivity contribution in [3.05, 3.63) is 22.8 Å². The molecular weight excluding hydrogens is 598 g/mol. The quantitative estimate of drug-likeness (QED) is 0.251. The molecule has 0 saturated carbocycles. The summed E-state index contributed by atoms with van der Waals surface area (Å²) in [5.41, 5.74) is -29.6. The van der Waals surface area contributed by atoms with Crippen molar-refractivity contribution >= 4 is 11.4 Å². The zero-order valence-electron chi connectivity index (χ0n) is 16.9. The van der Waals surface area contributed by atoms with Crippen LogP contribution in [0, 0.1) is 0 Å². The van der Waals surface area contributed by atoms with Gasteiger partial charge in [0, 0.05) is 16.7 Å². The summed E-state index contributed by atoms with van der Waals surface area (Å²) >= 11 is 0. The van der Waals surface area contributed by atoms with Crippen molar-refractivity contribution in [3.63, 3.8) is 0 Å². The minimum Gasteiger partial charge on any atom is -0.397 e. The van der Waals surface area contributed by atoms with Gasteiger partial charge in [-0.1, -0.05) is 0 Å². The van der Waals surface area contributed by atoms with Gasteiger partial charge in [-0.25, -0.2) is 0 Å². The molecule has 0 aliphatic rings. The Labute approximate surface area is 195 Å². The summed E-state index contributed by atoms with van der Waals surface area (Å²) in [6.45, 7) is 0. The smallest absolute Gasteiger partial charge is 0.397 e. The van der Waals surface area contributed by atoms with Crippen molar-refractivity contribution in [1.29, 1.82) is 0 Å². The largest absolute Gasteiger partial charge is 0.430 e. The lowest BCUT2D eigenvalue weighted by molar-refractivity contribution is -0.388. The van der Waals surface area contributed by atoms with E-state index in [2.05, 4.69) is 11.5 Å². The van der Waals surface area contributed by atoms with Gasteiger partial charge in [0.05, 0.1) is 11.4 Å². The fraction of sp³-hybridized carbons (Fsp3) is 0.600. The van der Waals surface area contributed by atoms with Gasteiger partial charge in [-0.3, -0.25) is 0 Å². The number of anilines is 2. The molecule has 0 aliphatic carbocycles. The monoisotopic (exact) mass is 606 g/mol. The SMILES string of the molecule is Nc1c(C(O)(C(F)(F)F)C(F)(F)F)cc(C(O)(C(F)(F)F)C(F)(F)F)c(C(O)(C(F)(F)F)C(F)(F)F)c1N. The van der Waals surface area contributed by atoms with Gasteiger partial charge in [0.2, 0.25) is 0 Å². The lowest BCUT2D eigenvalue weighted by Crippen LogP contribution is -2.60. The summed E-state index contributed by atoms with van der Waals surface area (Å²) in [5, 5.41) is 28.2. The third-order valence-corrected chi connectivity index (χ3v) is 5.01. The minimum absolute atomic E-state index is 2.02. The van der Waals surface area contributed by atoms with Crippen LogP contribution in [0.1, 0.15) is 16.7 Å². The maximum atomic E-state index is 13.4. The molecule has 7 N–H and O–H groups in total. The summed E-state index contributed by atoms with van der Waals surface area (Å²) in [6.07, 6.45) is -44.7. The number of nitrogen functional groups attached to an aromatic ring is 2. The first-order valence-electron chi connectivity index (χ1n) is 8.48. The average Bonchev–Trinajstić information content (AvgIpc) is 2.62. The molecule has 0 saturated heterocycles. The molecule has 0 spiro atoms. The van der Waals surface area contributed by atoms with E-state index in [1.165, 1.54) is 0 Å². The molecule has 0 fully saturated rings. The molecule has 0 aliphatic heterocycles. The van der Waals surface area contributed by atoms with E-state index in [0.717, 1.165) is 0 Å². The molecule has 0 aromatic heterocycles. The van der Waals surface area contributed by atoms with E-state index in [1.807, 2.05) is 0 Å². The number of hydrogen-bond acceptors (Lipinski definition) is 5. The van der Waals surface area contributed by atoms with E-state index in [4.69, 9.17) is 0 Å². The van der Waals surface area contributed by atoms with Gasteiger partial charge in [0.15, 0.2) is 0 Å². The Bertz CT molecular complexity index is 1020. The molecular formula is C15H8F18N2O3. The Morgan fingerprint density at radius 1 is 0.395 bits per heavy atom. The molecule has 23 heteroatoms. The average molecular weight is 606 g/mol. The maximum Gasteiger partial charge on any atom is 0.430 e. The van der Waals surface area contributed by atoms with E-state index in [0.29, 0.717) is 0 Å². The van der Waals surface area contributed by atoms with Crippen molar-refractivity contribution in [2.24, 2.45) is 0 Å². The number of hydrogen-bond donors (Lipinski definition) is 5. The Morgan fingerprint density at radius 3 is 0.868 bits per heavy atom. The third-order valence-electron chi connectivity index (χ3n) is 5.01. The molecule has 0 radical (unpaired) electrons. The molecule has 0 heterocycles.